The van der Waals surface area contributed by atoms with Crippen molar-refractivity contribution in [3.8, 4) is 0 Å². The lowest BCUT2D eigenvalue weighted by atomic mass is 9.94. The van der Waals surface area contributed by atoms with Gasteiger partial charge in [-0.3, -0.25) is 4.79 Å². The van der Waals surface area contributed by atoms with Gasteiger partial charge in [0.15, 0.2) is 0 Å². The summed E-state index contributed by atoms with van der Waals surface area (Å²) in [6.07, 6.45) is 1.92. The van der Waals surface area contributed by atoms with E-state index in [4.69, 9.17) is 0 Å². The smallest absolute Gasteiger partial charge is 0.254 e. The van der Waals surface area contributed by atoms with Gasteiger partial charge in [-0.1, -0.05) is 17.7 Å². The third kappa shape index (κ3) is 3.06. The lowest BCUT2D eigenvalue weighted by molar-refractivity contribution is 0.0709. The molecule has 0 unspecified atom stereocenters. The van der Waals surface area contributed by atoms with Gasteiger partial charge in [0.25, 0.3) is 5.91 Å². The fraction of sp³-hybridized carbons (Fsp3) is 0.526. The van der Waals surface area contributed by atoms with Crippen molar-refractivity contribution in [2.75, 3.05) is 19.6 Å². The van der Waals surface area contributed by atoms with Crippen molar-refractivity contribution in [1.29, 1.82) is 0 Å². The molecule has 0 aliphatic carbocycles. The van der Waals surface area contributed by atoms with Crippen LogP contribution >= 0.6 is 0 Å². The molecule has 3 heterocycles. The van der Waals surface area contributed by atoms with Crippen molar-refractivity contribution < 1.29 is 4.79 Å². The Balaban J connectivity index is 1.45. The van der Waals surface area contributed by atoms with E-state index >= 15 is 0 Å². The second kappa shape index (κ2) is 6.59. The van der Waals surface area contributed by atoms with Gasteiger partial charge in [0.2, 0.25) is 0 Å². The number of nitrogens with one attached hydrogen (secondary N) is 1. The van der Waals surface area contributed by atoms with Gasteiger partial charge >= 0.3 is 0 Å². The van der Waals surface area contributed by atoms with Crippen LogP contribution in [0.2, 0.25) is 0 Å². The number of aryl methyl sites for hydroxylation is 2. The number of fused-ring (bicyclic) bond motifs is 1. The van der Waals surface area contributed by atoms with Crippen LogP contribution < -0.4 is 5.32 Å². The van der Waals surface area contributed by atoms with Crippen molar-refractivity contribution in [2.24, 2.45) is 0 Å². The van der Waals surface area contributed by atoms with Crippen molar-refractivity contribution in [3.63, 3.8) is 0 Å². The number of piperidine rings is 1. The van der Waals surface area contributed by atoms with Gasteiger partial charge < -0.3 is 14.8 Å². The SMILES string of the molecule is Cc1ccc(C)c(C(=O)N2CCC(c3nnc4n3CCNC4)CC2)c1. The Kier molecular flexibility index (Phi) is 4.29. The van der Waals surface area contributed by atoms with Gasteiger partial charge in [-0.2, -0.15) is 0 Å². The van der Waals surface area contributed by atoms with Crippen LogP contribution in [-0.2, 0) is 13.1 Å². The molecule has 25 heavy (non-hydrogen) atoms. The molecule has 1 aromatic heterocycles. The quantitative estimate of drug-likeness (QED) is 0.909. The Hall–Kier alpha value is -2.21. The normalized spacial score (nSPS) is 18.2. The molecule has 2 aliphatic rings. The maximum atomic E-state index is 12.9. The third-order valence-electron chi connectivity index (χ3n) is 5.42. The van der Waals surface area contributed by atoms with Gasteiger partial charge in [-0.25, -0.2) is 0 Å². The van der Waals surface area contributed by atoms with E-state index in [9.17, 15) is 4.79 Å². The van der Waals surface area contributed by atoms with Crippen molar-refractivity contribution in [2.45, 2.75) is 45.7 Å². The molecule has 132 valence electrons. The van der Waals surface area contributed by atoms with Crippen LogP contribution in [0.3, 0.4) is 0 Å². The van der Waals surface area contributed by atoms with Gasteiger partial charge in [-0.15, -0.1) is 10.2 Å². The minimum Gasteiger partial charge on any atom is -0.339 e. The number of hydrogen-bond donors (Lipinski definition) is 1. The molecule has 1 amide bonds. The second-order valence-corrected chi connectivity index (χ2v) is 7.19. The molecular weight excluding hydrogens is 314 g/mol. The standard InChI is InChI=1S/C19H25N5O/c1-13-3-4-14(2)16(11-13)19(25)23-8-5-15(6-9-23)18-22-21-17-12-20-7-10-24(17)18/h3-4,11,15,20H,5-10,12H2,1-2H3. The highest BCUT2D eigenvalue weighted by Crippen LogP contribution is 2.29. The molecule has 0 atom stereocenters. The largest absolute Gasteiger partial charge is 0.339 e. The zero-order chi connectivity index (χ0) is 17.4. The molecule has 4 rings (SSSR count). The predicted octanol–water partition coefficient (Wildman–Crippen LogP) is 2.02. The number of amides is 1. The van der Waals surface area contributed by atoms with Gasteiger partial charge in [0.1, 0.15) is 11.6 Å². The Morgan fingerprint density at radius 1 is 1.16 bits per heavy atom. The fourth-order valence-electron chi connectivity index (χ4n) is 3.89. The van der Waals surface area contributed by atoms with Gasteiger partial charge in [0, 0.05) is 37.7 Å². The number of likely N-dealkylation sites (tertiary alicyclic amines) is 1. The van der Waals surface area contributed by atoms with E-state index < -0.39 is 0 Å². The summed E-state index contributed by atoms with van der Waals surface area (Å²) >= 11 is 0. The summed E-state index contributed by atoms with van der Waals surface area (Å²) in [6, 6.07) is 6.10. The highest BCUT2D eigenvalue weighted by atomic mass is 16.2. The molecule has 6 heteroatoms. The summed E-state index contributed by atoms with van der Waals surface area (Å²) in [5.74, 6) is 2.71. The van der Waals surface area contributed by atoms with Crippen LogP contribution in [-0.4, -0.2) is 45.2 Å². The van der Waals surface area contributed by atoms with Crippen LogP contribution in [0.25, 0.3) is 0 Å². The minimum atomic E-state index is 0.159. The number of nitrogens with zero attached hydrogens (tertiary/aromatic N) is 4. The molecule has 6 nitrogen and oxygen atoms in total. The summed E-state index contributed by atoms with van der Waals surface area (Å²) in [5, 5.41) is 12.1. The van der Waals surface area contributed by atoms with Crippen molar-refractivity contribution >= 4 is 5.91 Å². The summed E-state index contributed by atoms with van der Waals surface area (Å²) in [5.41, 5.74) is 3.02. The Labute approximate surface area is 148 Å². The first kappa shape index (κ1) is 16.3. The zero-order valence-corrected chi connectivity index (χ0v) is 15.0. The molecule has 0 saturated carbocycles. The number of benzene rings is 1. The predicted molar refractivity (Wildman–Crippen MR) is 95.5 cm³/mol. The number of aromatic nitrogens is 3. The summed E-state index contributed by atoms with van der Waals surface area (Å²) in [6.45, 7) is 8.34. The first-order chi connectivity index (χ1) is 12.1. The van der Waals surface area contributed by atoms with Crippen LogP contribution in [0.4, 0.5) is 0 Å². The second-order valence-electron chi connectivity index (χ2n) is 7.19. The van der Waals surface area contributed by atoms with Gasteiger partial charge in [0.05, 0.1) is 6.54 Å². The first-order valence-electron chi connectivity index (χ1n) is 9.12. The molecule has 2 aliphatic heterocycles. The van der Waals surface area contributed by atoms with E-state index in [1.807, 2.05) is 30.9 Å². The Morgan fingerprint density at radius 3 is 2.76 bits per heavy atom. The Bertz CT molecular complexity index is 789. The van der Waals surface area contributed by atoms with E-state index in [1.54, 1.807) is 0 Å². The molecule has 0 radical (unpaired) electrons. The molecule has 1 saturated heterocycles. The third-order valence-corrected chi connectivity index (χ3v) is 5.42. The average molecular weight is 339 g/mol. The molecule has 0 bridgehead atoms. The van der Waals surface area contributed by atoms with E-state index in [2.05, 4.69) is 26.1 Å². The zero-order valence-electron chi connectivity index (χ0n) is 15.0. The van der Waals surface area contributed by atoms with Crippen LogP contribution in [0.15, 0.2) is 18.2 Å². The van der Waals surface area contributed by atoms with Crippen LogP contribution in [0.5, 0.6) is 0 Å². The Morgan fingerprint density at radius 2 is 1.96 bits per heavy atom. The maximum Gasteiger partial charge on any atom is 0.254 e. The number of rotatable bonds is 2. The van der Waals surface area contributed by atoms with Crippen LogP contribution in [0.1, 0.15) is 51.9 Å². The monoisotopic (exact) mass is 339 g/mol. The van der Waals surface area contributed by atoms with E-state index in [0.717, 1.165) is 73.9 Å². The lowest BCUT2D eigenvalue weighted by Gasteiger charge is -2.32. The average Bonchev–Trinajstić information content (AvgIpc) is 3.07. The lowest BCUT2D eigenvalue weighted by Crippen LogP contribution is -2.39. The minimum absolute atomic E-state index is 0.159. The molecule has 2 aromatic rings. The molecule has 1 aromatic carbocycles. The summed E-state index contributed by atoms with van der Waals surface area (Å²) in [4.78, 5) is 14.9. The number of carbonyl (C=O) groups excluding carboxylic acids is 1. The highest BCUT2D eigenvalue weighted by Gasteiger charge is 2.29. The number of carbonyl (C=O) groups is 1. The number of hydrogen-bond acceptors (Lipinski definition) is 4. The molecular formula is C19H25N5O. The highest BCUT2D eigenvalue weighted by molar-refractivity contribution is 5.95. The fourth-order valence-corrected chi connectivity index (χ4v) is 3.89. The molecule has 1 N–H and O–H groups in total. The topological polar surface area (TPSA) is 63.1 Å². The summed E-state index contributed by atoms with van der Waals surface area (Å²) < 4.78 is 2.27. The molecule has 1 fully saturated rings. The summed E-state index contributed by atoms with van der Waals surface area (Å²) in [7, 11) is 0. The molecule has 0 spiro atoms. The maximum absolute atomic E-state index is 12.9. The first-order valence-corrected chi connectivity index (χ1v) is 9.12. The van der Waals surface area contributed by atoms with Crippen molar-refractivity contribution in [3.05, 3.63) is 46.5 Å². The van der Waals surface area contributed by atoms with Crippen molar-refractivity contribution in [1.82, 2.24) is 25.0 Å². The van der Waals surface area contributed by atoms with E-state index in [-0.39, 0.29) is 5.91 Å². The van der Waals surface area contributed by atoms with Gasteiger partial charge in [-0.05, 0) is 38.3 Å². The van der Waals surface area contributed by atoms with E-state index in [1.165, 1.54) is 0 Å². The van der Waals surface area contributed by atoms with E-state index in [0.29, 0.717) is 5.92 Å². The van der Waals surface area contributed by atoms with Crippen LogP contribution in [0, 0.1) is 13.8 Å².